The van der Waals surface area contributed by atoms with E-state index in [1.54, 1.807) is 0 Å². The van der Waals surface area contributed by atoms with Gasteiger partial charge in [-0.05, 0) is 30.2 Å². The summed E-state index contributed by atoms with van der Waals surface area (Å²) in [6, 6.07) is 5.81. The van der Waals surface area contributed by atoms with Gasteiger partial charge in [-0.1, -0.05) is 34.7 Å². The number of halogens is 1. The first kappa shape index (κ1) is 11.8. The molecule has 78 valence electrons. The largest absolute Gasteiger partial charge is 0.481 e. The minimum atomic E-state index is -0.891. The van der Waals surface area contributed by atoms with Crippen molar-refractivity contribution in [3.05, 3.63) is 33.8 Å². The van der Waals surface area contributed by atoms with Crippen LogP contribution in [0.5, 0.6) is 0 Å². The van der Waals surface area contributed by atoms with E-state index in [1.807, 2.05) is 25.1 Å². The Bertz CT molecular complexity index is 427. The molecular weight excluding hydrogens is 256 g/mol. The molecule has 0 amide bonds. The highest BCUT2D eigenvalue weighted by atomic mass is 79.9. The average molecular weight is 267 g/mol. The molecular formula is C12H11BrO2. The number of hydrogen-bond donors (Lipinski definition) is 1. The molecule has 1 rings (SSSR count). The summed E-state index contributed by atoms with van der Waals surface area (Å²) in [7, 11) is 0. The summed E-state index contributed by atoms with van der Waals surface area (Å²) in [4.78, 5) is 10.3. The number of aryl methyl sites for hydroxylation is 1. The zero-order chi connectivity index (χ0) is 11.3. The second-order valence-corrected chi connectivity index (χ2v) is 3.94. The highest BCUT2D eigenvalue weighted by Gasteiger charge is 1.98. The molecule has 0 saturated carbocycles. The number of carboxylic acid groups (broad SMARTS) is 1. The van der Waals surface area contributed by atoms with E-state index in [4.69, 9.17) is 5.11 Å². The molecule has 1 aromatic rings. The van der Waals surface area contributed by atoms with Crippen molar-refractivity contribution in [3.63, 3.8) is 0 Å². The Labute approximate surface area is 97.4 Å². The summed E-state index contributed by atoms with van der Waals surface area (Å²) in [6.07, 6.45) is 0.774. The topological polar surface area (TPSA) is 37.3 Å². The van der Waals surface area contributed by atoms with Gasteiger partial charge in [0.25, 0.3) is 0 Å². The van der Waals surface area contributed by atoms with Gasteiger partial charge in [-0.2, -0.15) is 0 Å². The normalized spacial score (nSPS) is 9.20. The molecule has 0 heterocycles. The van der Waals surface area contributed by atoms with Gasteiger partial charge in [0.15, 0.2) is 0 Å². The van der Waals surface area contributed by atoms with Crippen LogP contribution in [0.1, 0.15) is 24.5 Å². The van der Waals surface area contributed by atoms with Crippen LogP contribution >= 0.6 is 15.9 Å². The molecule has 1 N–H and O–H groups in total. The molecule has 0 bridgehead atoms. The van der Waals surface area contributed by atoms with Crippen molar-refractivity contribution < 1.29 is 9.90 Å². The van der Waals surface area contributed by atoms with Gasteiger partial charge in [0.1, 0.15) is 6.42 Å². The average Bonchev–Trinajstić information content (AvgIpc) is 2.19. The highest BCUT2D eigenvalue weighted by Crippen LogP contribution is 2.16. The van der Waals surface area contributed by atoms with Gasteiger partial charge in [0, 0.05) is 10.0 Å². The van der Waals surface area contributed by atoms with Crippen LogP contribution in [0.25, 0.3) is 0 Å². The summed E-state index contributed by atoms with van der Waals surface area (Å²) < 4.78 is 1.02. The molecule has 0 aliphatic carbocycles. The summed E-state index contributed by atoms with van der Waals surface area (Å²) in [5.74, 6) is 4.61. The Morgan fingerprint density at radius 1 is 1.53 bits per heavy atom. The van der Waals surface area contributed by atoms with Crippen molar-refractivity contribution in [1.82, 2.24) is 0 Å². The fraction of sp³-hybridized carbons (Fsp3) is 0.250. The van der Waals surface area contributed by atoms with E-state index in [2.05, 4.69) is 27.8 Å². The van der Waals surface area contributed by atoms with Crippen LogP contribution in [-0.4, -0.2) is 11.1 Å². The molecule has 3 heteroatoms. The summed E-state index contributed by atoms with van der Waals surface area (Å²) in [5.41, 5.74) is 2.03. The van der Waals surface area contributed by atoms with E-state index < -0.39 is 5.97 Å². The Morgan fingerprint density at radius 3 is 2.87 bits per heavy atom. The minimum absolute atomic E-state index is 0.112. The lowest BCUT2D eigenvalue weighted by Crippen LogP contribution is -1.91. The quantitative estimate of drug-likeness (QED) is 0.836. The Balaban J connectivity index is 2.92. The van der Waals surface area contributed by atoms with Crippen LogP contribution in [0.2, 0.25) is 0 Å². The Kier molecular flexibility index (Phi) is 4.38. The molecule has 0 fully saturated rings. The lowest BCUT2D eigenvalue weighted by Gasteiger charge is -2.01. The lowest BCUT2D eigenvalue weighted by molar-refractivity contribution is -0.135. The molecule has 2 nitrogen and oxygen atoms in total. The van der Waals surface area contributed by atoms with Crippen LogP contribution in [0.15, 0.2) is 22.7 Å². The first-order valence-electron chi connectivity index (χ1n) is 4.62. The molecule has 0 spiro atoms. The first-order chi connectivity index (χ1) is 7.13. The van der Waals surface area contributed by atoms with Gasteiger partial charge in [-0.3, -0.25) is 4.79 Å². The van der Waals surface area contributed by atoms with Crippen molar-refractivity contribution in [3.8, 4) is 11.8 Å². The van der Waals surface area contributed by atoms with E-state index in [0.29, 0.717) is 0 Å². The van der Waals surface area contributed by atoms with Gasteiger partial charge in [0.2, 0.25) is 0 Å². The van der Waals surface area contributed by atoms with Crippen LogP contribution < -0.4 is 0 Å². The van der Waals surface area contributed by atoms with Crippen LogP contribution in [0.3, 0.4) is 0 Å². The maximum absolute atomic E-state index is 10.3. The van der Waals surface area contributed by atoms with E-state index in [0.717, 1.165) is 22.0 Å². The Hall–Kier alpha value is -1.27. The molecule has 0 aliphatic rings. The van der Waals surface area contributed by atoms with Gasteiger partial charge >= 0.3 is 5.97 Å². The summed E-state index contributed by atoms with van der Waals surface area (Å²) >= 11 is 3.39. The number of aliphatic carboxylic acids is 1. The van der Waals surface area contributed by atoms with Crippen LogP contribution in [0.4, 0.5) is 0 Å². The minimum Gasteiger partial charge on any atom is -0.481 e. The third-order valence-corrected chi connectivity index (χ3v) is 2.40. The molecule has 0 atom stereocenters. The SMILES string of the molecule is CCc1cc(Br)ccc1C#CCC(=O)O. The van der Waals surface area contributed by atoms with Gasteiger partial charge in [-0.15, -0.1) is 0 Å². The number of carboxylic acids is 1. The predicted molar refractivity (Wildman–Crippen MR) is 62.7 cm³/mol. The van der Waals surface area contributed by atoms with E-state index in [-0.39, 0.29) is 6.42 Å². The predicted octanol–water partition coefficient (Wildman–Crippen LogP) is 2.84. The van der Waals surface area contributed by atoms with Crippen LogP contribution in [0, 0.1) is 11.8 Å². The number of benzene rings is 1. The van der Waals surface area contributed by atoms with Crippen molar-refractivity contribution >= 4 is 21.9 Å². The monoisotopic (exact) mass is 266 g/mol. The van der Waals surface area contributed by atoms with Gasteiger partial charge in [-0.25, -0.2) is 0 Å². The van der Waals surface area contributed by atoms with Crippen molar-refractivity contribution in [2.45, 2.75) is 19.8 Å². The Morgan fingerprint density at radius 2 is 2.27 bits per heavy atom. The molecule has 0 radical (unpaired) electrons. The molecule has 1 aromatic carbocycles. The van der Waals surface area contributed by atoms with E-state index in [1.165, 1.54) is 0 Å². The van der Waals surface area contributed by atoms with Crippen LogP contribution in [-0.2, 0) is 11.2 Å². The second-order valence-electron chi connectivity index (χ2n) is 3.03. The molecule has 0 aromatic heterocycles. The maximum atomic E-state index is 10.3. The summed E-state index contributed by atoms with van der Waals surface area (Å²) in [6.45, 7) is 2.05. The van der Waals surface area contributed by atoms with Crippen molar-refractivity contribution in [2.24, 2.45) is 0 Å². The standard InChI is InChI=1S/C12H11BrO2/c1-2-9-8-11(13)7-6-10(9)4-3-5-12(14)15/h6-8H,2,5H2,1H3,(H,14,15). The molecule has 0 unspecified atom stereocenters. The third kappa shape index (κ3) is 3.77. The molecule has 0 saturated heterocycles. The van der Waals surface area contributed by atoms with E-state index >= 15 is 0 Å². The zero-order valence-corrected chi connectivity index (χ0v) is 9.97. The van der Waals surface area contributed by atoms with E-state index in [9.17, 15) is 4.79 Å². The third-order valence-electron chi connectivity index (χ3n) is 1.91. The number of rotatable bonds is 2. The first-order valence-corrected chi connectivity index (χ1v) is 5.42. The number of hydrogen-bond acceptors (Lipinski definition) is 1. The number of carbonyl (C=O) groups is 1. The zero-order valence-electron chi connectivity index (χ0n) is 8.38. The fourth-order valence-corrected chi connectivity index (χ4v) is 1.60. The highest BCUT2D eigenvalue weighted by molar-refractivity contribution is 9.10. The fourth-order valence-electron chi connectivity index (χ4n) is 1.19. The summed E-state index contributed by atoms with van der Waals surface area (Å²) in [5, 5.41) is 8.45. The molecule has 15 heavy (non-hydrogen) atoms. The van der Waals surface area contributed by atoms with Gasteiger partial charge < -0.3 is 5.11 Å². The molecule has 0 aliphatic heterocycles. The maximum Gasteiger partial charge on any atom is 0.315 e. The second kappa shape index (κ2) is 5.57. The smallest absolute Gasteiger partial charge is 0.315 e. The van der Waals surface area contributed by atoms with Crippen molar-refractivity contribution in [1.29, 1.82) is 0 Å². The van der Waals surface area contributed by atoms with Gasteiger partial charge in [0.05, 0.1) is 0 Å². The lowest BCUT2D eigenvalue weighted by atomic mass is 10.1. The van der Waals surface area contributed by atoms with Crippen molar-refractivity contribution in [2.75, 3.05) is 0 Å².